The molecule has 2 aliphatic heterocycles. The quantitative estimate of drug-likeness (QED) is 0.765. The minimum atomic E-state index is -0.224. The van der Waals surface area contributed by atoms with Crippen LogP contribution in [0.5, 0.6) is 0 Å². The summed E-state index contributed by atoms with van der Waals surface area (Å²) in [7, 11) is 0. The van der Waals surface area contributed by atoms with Gasteiger partial charge in [-0.05, 0) is 31.9 Å². The molecule has 0 spiro atoms. The monoisotopic (exact) mass is 347 g/mol. The molecule has 2 fully saturated rings. The summed E-state index contributed by atoms with van der Waals surface area (Å²) < 4.78 is 10.5. The summed E-state index contributed by atoms with van der Waals surface area (Å²) in [5.74, 6) is 0.320. The molecule has 0 saturated carbocycles. The van der Waals surface area contributed by atoms with E-state index in [1.54, 1.807) is 24.1 Å². The van der Waals surface area contributed by atoms with E-state index in [1.165, 1.54) is 0 Å². The van der Waals surface area contributed by atoms with Crippen LogP contribution in [-0.4, -0.2) is 67.8 Å². The van der Waals surface area contributed by atoms with Gasteiger partial charge in [-0.25, -0.2) is 4.98 Å². The second-order valence-electron chi connectivity index (χ2n) is 6.34. The summed E-state index contributed by atoms with van der Waals surface area (Å²) in [6, 6.07) is 3.57. The molecule has 1 aromatic rings. The molecule has 1 amide bonds. The SMILES string of the molecule is CCOC(=O)C1CCCN(C(=O)c2ccnc(N3CCOCC3)c2)C1. The van der Waals surface area contributed by atoms with E-state index in [-0.39, 0.29) is 17.8 Å². The first-order chi connectivity index (χ1) is 12.2. The molecule has 2 aliphatic rings. The molecule has 0 N–H and O–H groups in total. The molecule has 3 heterocycles. The number of morpholine rings is 1. The number of aromatic nitrogens is 1. The number of hydrogen-bond acceptors (Lipinski definition) is 6. The van der Waals surface area contributed by atoms with E-state index >= 15 is 0 Å². The predicted molar refractivity (Wildman–Crippen MR) is 92.5 cm³/mol. The lowest BCUT2D eigenvalue weighted by Crippen LogP contribution is -2.43. The van der Waals surface area contributed by atoms with Crippen LogP contribution in [0, 0.1) is 5.92 Å². The van der Waals surface area contributed by atoms with Crippen molar-refractivity contribution in [1.82, 2.24) is 9.88 Å². The summed E-state index contributed by atoms with van der Waals surface area (Å²) in [6.45, 7) is 6.17. The first-order valence-electron chi connectivity index (χ1n) is 8.93. The van der Waals surface area contributed by atoms with Gasteiger partial charge in [0.15, 0.2) is 0 Å². The Morgan fingerprint density at radius 3 is 2.88 bits per heavy atom. The summed E-state index contributed by atoms with van der Waals surface area (Å²) >= 11 is 0. The number of amides is 1. The maximum Gasteiger partial charge on any atom is 0.310 e. The van der Waals surface area contributed by atoms with Crippen molar-refractivity contribution in [3.8, 4) is 0 Å². The van der Waals surface area contributed by atoms with Crippen LogP contribution in [0.15, 0.2) is 18.3 Å². The predicted octanol–water partition coefficient (Wildman–Crippen LogP) is 1.33. The second-order valence-corrected chi connectivity index (χ2v) is 6.34. The number of ether oxygens (including phenoxy) is 2. The van der Waals surface area contributed by atoms with E-state index in [0.29, 0.717) is 38.5 Å². The minimum Gasteiger partial charge on any atom is -0.466 e. The van der Waals surface area contributed by atoms with E-state index in [0.717, 1.165) is 31.7 Å². The lowest BCUT2D eigenvalue weighted by Gasteiger charge is -2.32. The molecule has 0 aliphatic carbocycles. The van der Waals surface area contributed by atoms with Gasteiger partial charge in [-0.3, -0.25) is 9.59 Å². The van der Waals surface area contributed by atoms with Crippen LogP contribution >= 0.6 is 0 Å². The molecule has 0 bridgehead atoms. The van der Waals surface area contributed by atoms with Crippen LogP contribution in [-0.2, 0) is 14.3 Å². The molecule has 3 rings (SSSR count). The molecule has 1 atom stereocenters. The van der Waals surface area contributed by atoms with Gasteiger partial charge in [-0.2, -0.15) is 0 Å². The third kappa shape index (κ3) is 4.28. The van der Waals surface area contributed by atoms with E-state index in [4.69, 9.17) is 9.47 Å². The highest BCUT2D eigenvalue weighted by Crippen LogP contribution is 2.21. The zero-order valence-corrected chi connectivity index (χ0v) is 14.6. The summed E-state index contributed by atoms with van der Waals surface area (Å²) in [5.41, 5.74) is 0.612. The number of piperidine rings is 1. The minimum absolute atomic E-state index is 0.0501. The largest absolute Gasteiger partial charge is 0.466 e. The van der Waals surface area contributed by atoms with Crippen molar-refractivity contribution in [3.05, 3.63) is 23.9 Å². The summed E-state index contributed by atoms with van der Waals surface area (Å²) in [4.78, 5) is 33.1. The molecule has 25 heavy (non-hydrogen) atoms. The van der Waals surface area contributed by atoms with E-state index in [9.17, 15) is 9.59 Å². The zero-order valence-electron chi connectivity index (χ0n) is 14.6. The van der Waals surface area contributed by atoms with E-state index in [1.807, 2.05) is 6.07 Å². The van der Waals surface area contributed by atoms with Gasteiger partial charge in [-0.1, -0.05) is 0 Å². The van der Waals surface area contributed by atoms with Crippen molar-refractivity contribution in [2.45, 2.75) is 19.8 Å². The Morgan fingerprint density at radius 1 is 1.32 bits per heavy atom. The second kappa shape index (κ2) is 8.29. The molecule has 1 aromatic heterocycles. The molecule has 0 radical (unpaired) electrons. The number of rotatable bonds is 4. The Kier molecular flexibility index (Phi) is 5.86. The smallest absolute Gasteiger partial charge is 0.310 e. The molecular weight excluding hydrogens is 322 g/mol. The number of nitrogens with zero attached hydrogens (tertiary/aromatic N) is 3. The van der Waals surface area contributed by atoms with Crippen molar-refractivity contribution < 1.29 is 19.1 Å². The Labute approximate surface area is 147 Å². The van der Waals surface area contributed by atoms with Gasteiger partial charge < -0.3 is 19.3 Å². The molecule has 136 valence electrons. The number of pyridine rings is 1. The third-order valence-corrected chi connectivity index (χ3v) is 4.66. The number of carbonyl (C=O) groups excluding carboxylic acids is 2. The van der Waals surface area contributed by atoms with Gasteiger partial charge in [0, 0.05) is 37.9 Å². The fourth-order valence-electron chi connectivity index (χ4n) is 3.31. The first kappa shape index (κ1) is 17.7. The molecule has 0 aromatic carbocycles. The van der Waals surface area contributed by atoms with Gasteiger partial charge >= 0.3 is 5.97 Å². The summed E-state index contributed by atoms with van der Waals surface area (Å²) in [6.07, 6.45) is 3.26. The Bertz CT molecular complexity index is 616. The molecule has 7 heteroatoms. The normalized spacial score (nSPS) is 21.1. The Hall–Kier alpha value is -2.15. The Morgan fingerprint density at radius 2 is 2.12 bits per heavy atom. The number of carbonyl (C=O) groups is 2. The van der Waals surface area contributed by atoms with Gasteiger partial charge in [0.2, 0.25) is 0 Å². The number of hydrogen-bond donors (Lipinski definition) is 0. The van der Waals surface area contributed by atoms with Crippen molar-refractivity contribution in [2.24, 2.45) is 5.92 Å². The first-order valence-corrected chi connectivity index (χ1v) is 8.93. The summed E-state index contributed by atoms with van der Waals surface area (Å²) in [5, 5.41) is 0. The lowest BCUT2D eigenvalue weighted by molar-refractivity contribution is -0.149. The van der Waals surface area contributed by atoms with Crippen molar-refractivity contribution in [3.63, 3.8) is 0 Å². The lowest BCUT2D eigenvalue weighted by atomic mass is 9.97. The van der Waals surface area contributed by atoms with Gasteiger partial charge in [0.25, 0.3) is 5.91 Å². The van der Waals surface area contributed by atoms with Crippen molar-refractivity contribution in [2.75, 3.05) is 50.9 Å². The standard InChI is InChI=1S/C18H25N3O4/c1-2-25-18(23)15-4-3-7-21(13-15)17(22)14-5-6-19-16(12-14)20-8-10-24-11-9-20/h5-6,12,15H,2-4,7-11,13H2,1H3. The maximum absolute atomic E-state index is 12.9. The van der Waals surface area contributed by atoms with Crippen LogP contribution in [0.1, 0.15) is 30.1 Å². The highest BCUT2D eigenvalue weighted by Gasteiger charge is 2.30. The topological polar surface area (TPSA) is 72.0 Å². The Balaban J connectivity index is 1.68. The maximum atomic E-state index is 12.9. The highest BCUT2D eigenvalue weighted by atomic mass is 16.5. The fraction of sp³-hybridized carbons (Fsp3) is 0.611. The van der Waals surface area contributed by atoms with Crippen LogP contribution in [0.4, 0.5) is 5.82 Å². The number of likely N-dealkylation sites (tertiary alicyclic amines) is 1. The van der Waals surface area contributed by atoms with Gasteiger partial charge in [-0.15, -0.1) is 0 Å². The highest BCUT2D eigenvalue weighted by molar-refractivity contribution is 5.95. The van der Waals surface area contributed by atoms with Crippen LogP contribution in [0.3, 0.4) is 0 Å². The molecule has 2 saturated heterocycles. The number of esters is 1. The van der Waals surface area contributed by atoms with Gasteiger partial charge in [0.1, 0.15) is 5.82 Å². The van der Waals surface area contributed by atoms with Crippen LogP contribution in [0.2, 0.25) is 0 Å². The average molecular weight is 347 g/mol. The van der Waals surface area contributed by atoms with Gasteiger partial charge in [0.05, 0.1) is 25.7 Å². The van der Waals surface area contributed by atoms with Crippen molar-refractivity contribution in [1.29, 1.82) is 0 Å². The zero-order chi connectivity index (χ0) is 17.6. The van der Waals surface area contributed by atoms with E-state index in [2.05, 4.69) is 9.88 Å². The third-order valence-electron chi connectivity index (χ3n) is 4.66. The van der Waals surface area contributed by atoms with Crippen molar-refractivity contribution >= 4 is 17.7 Å². The fourth-order valence-corrected chi connectivity index (χ4v) is 3.31. The molecule has 1 unspecified atom stereocenters. The molecule has 7 nitrogen and oxygen atoms in total. The number of anilines is 1. The van der Waals surface area contributed by atoms with Crippen LogP contribution < -0.4 is 4.90 Å². The average Bonchev–Trinajstić information content (AvgIpc) is 2.68. The molecular formula is C18H25N3O4. The van der Waals surface area contributed by atoms with E-state index < -0.39 is 0 Å². The van der Waals surface area contributed by atoms with Crippen LogP contribution in [0.25, 0.3) is 0 Å².